The minimum absolute atomic E-state index is 0.576. The first-order valence-corrected chi connectivity index (χ1v) is 6.16. The van der Waals surface area contributed by atoms with E-state index < -0.39 is 0 Å². The first-order valence-electron chi connectivity index (χ1n) is 6.16. The van der Waals surface area contributed by atoms with Gasteiger partial charge in [-0.1, -0.05) is 27.7 Å². The Balaban J connectivity index is 2.41. The van der Waals surface area contributed by atoms with Crippen LogP contribution in [0.15, 0.2) is 0 Å². The van der Waals surface area contributed by atoms with Crippen LogP contribution < -0.4 is 5.32 Å². The van der Waals surface area contributed by atoms with E-state index >= 15 is 0 Å². The molecule has 1 rings (SSSR count). The van der Waals surface area contributed by atoms with E-state index in [0.29, 0.717) is 18.0 Å². The average molecular weight is 214 g/mol. The van der Waals surface area contributed by atoms with Crippen LogP contribution in [-0.4, -0.2) is 49.8 Å². The number of hydrogen-bond donors (Lipinski definition) is 1. The molecule has 0 radical (unpaired) electrons. The lowest BCUT2D eigenvalue weighted by Crippen LogP contribution is -2.51. The van der Waals surface area contributed by atoms with Gasteiger partial charge in [-0.3, -0.25) is 4.90 Å². The van der Waals surface area contributed by atoms with Crippen LogP contribution in [0.25, 0.3) is 0 Å². The van der Waals surface area contributed by atoms with E-state index in [1.165, 1.54) is 0 Å². The molecule has 1 aliphatic rings. The first kappa shape index (κ1) is 12.9. The molecule has 3 heteroatoms. The Morgan fingerprint density at radius 3 is 2.20 bits per heavy atom. The Morgan fingerprint density at radius 2 is 1.73 bits per heavy atom. The highest BCUT2D eigenvalue weighted by molar-refractivity contribution is 4.79. The van der Waals surface area contributed by atoms with Crippen molar-refractivity contribution in [2.24, 2.45) is 5.92 Å². The molecular weight excluding hydrogens is 188 g/mol. The summed E-state index contributed by atoms with van der Waals surface area (Å²) < 4.78 is 5.39. The van der Waals surface area contributed by atoms with Gasteiger partial charge in [-0.25, -0.2) is 0 Å². The Kier molecular flexibility index (Phi) is 5.58. The molecule has 0 spiro atoms. The Labute approximate surface area is 94.2 Å². The van der Waals surface area contributed by atoms with Crippen molar-refractivity contribution in [1.29, 1.82) is 0 Å². The van der Waals surface area contributed by atoms with Gasteiger partial charge in [-0.05, 0) is 5.92 Å². The number of ether oxygens (including phenoxy) is 1. The van der Waals surface area contributed by atoms with Gasteiger partial charge in [0.1, 0.15) is 0 Å². The predicted molar refractivity (Wildman–Crippen MR) is 64.2 cm³/mol. The molecule has 1 heterocycles. The van der Waals surface area contributed by atoms with E-state index in [0.717, 1.165) is 32.8 Å². The number of nitrogens with zero attached hydrogens (tertiary/aromatic N) is 1. The van der Waals surface area contributed by atoms with E-state index in [9.17, 15) is 0 Å². The lowest BCUT2D eigenvalue weighted by atomic mass is 10.0. The minimum Gasteiger partial charge on any atom is -0.379 e. The van der Waals surface area contributed by atoms with Crippen molar-refractivity contribution in [3.63, 3.8) is 0 Å². The molecule has 0 aromatic rings. The maximum Gasteiger partial charge on any atom is 0.0594 e. The van der Waals surface area contributed by atoms with Crippen LogP contribution in [0.3, 0.4) is 0 Å². The van der Waals surface area contributed by atoms with Crippen molar-refractivity contribution < 1.29 is 4.74 Å². The van der Waals surface area contributed by atoms with Crippen LogP contribution in [-0.2, 0) is 4.74 Å². The summed E-state index contributed by atoms with van der Waals surface area (Å²) >= 11 is 0. The van der Waals surface area contributed by atoms with Gasteiger partial charge in [-0.2, -0.15) is 0 Å². The van der Waals surface area contributed by atoms with Crippen LogP contribution in [0, 0.1) is 5.92 Å². The largest absolute Gasteiger partial charge is 0.379 e. The molecule has 0 aliphatic carbocycles. The van der Waals surface area contributed by atoms with Crippen molar-refractivity contribution in [1.82, 2.24) is 10.2 Å². The summed E-state index contributed by atoms with van der Waals surface area (Å²) in [6, 6.07) is 1.23. The Morgan fingerprint density at radius 1 is 1.13 bits per heavy atom. The standard InChI is InChI=1S/C12H26N2O/c1-10(2)12(9-13-11(3)4)14-5-7-15-8-6-14/h10-13H,5-9H2,1-4H3. The predicted octanol–water partition coefficient (Wildman–Crippen LogP) is 1.34. The van der Waals surface area contributed by atoms with Crippen LogP contribution in [0.5, 0.6) is 0 Å². The molecule has 0 aromatic carbocycles. The lowest BCUT2D eigenvalue weighted by molar-refractivity contribution is 0.00617. The van der Waals surface area contributed by atoms with Crippen molar-refractivity contribution in [2.45, 2.75) is 39.8 Å². The van der Waals surface area contributed by atoms with Crippen LogP contribution in [0.1, 0.15) is 27.7 Å². The molecule has 1 aliphatic heterocycles. The summed E-state index contributed by atoms with van der Waals surface area (Å²) in [5, 5.41) is 3.54. The van der Waals surface area contributed by atoms with Gasteiger partial charge in [0.05, 0.1) is 13.2 Å². The van der Waals surface area contributed by atoms with Gasteiger partial charge in [-0.15, -0.1) is 0 Å². The quantitative estimate of drug-likeness (QED) is 0.747. The average Bonchev–Trinajstić information content (AvgIpc) is 2.18. The van der Waals surface area contributed by atoms with Gasteiger partial charge in [0.15, 0.2) is 0 Å². The number of nitrogens with one attached hydrogen (secondary N) is 1. The summed E-state index contributed by atoms with van der Waals surface area (Å²) in [6.45, 7) is 14.1. The molecule has 1 atom stereocenters. The SMILES string of the molecule is CC(C)NCC(C(C)C)N1CCOCC1. The summed E-state index contributed by atoms with van der Waals surface area (Å²) in [4.78, 5) is 2.56. The van der Waals surface area contributed by atoms with Crippen molar-refractivity contribution >= 4 is 0 Å². The van der Waals surface area contributed by atoms with Gasteiger partial charge in [0.25, 0.3) is 0 Å². The molecule has 0 bridgehead atoms. The zero-order valence-electron chi connectivity index (χ0n) is 10.6. The second-order valence-corrected chi connectivity index (χ2v) is 5.02. The molecular formula is C12H26N2O. The molecule has 0 amide bonds. The number of rotatable bonds is 5. The maximum absolute atomic E-state index is 5.39. The summed E-state index contributed by atoms with van der Waals surface area (Å²) in [5.74, 6) is 0.703. The summed E-state index contributed by atoms with van der Waals surface area (Å²) in [7, 11) is 0. The highest BCUT2D eigenvalue weighted by atomic mass is 16.5. The molecule has 1 unspecified atom stereocenters. The molecule has 15 heavy (non-hydrogen) atoms. The third-order valence-electron chi connectivity index (χ3n) is 3.02. The normalized spacial score (nSPS) is 21.2. The molecule has 90 valence electrons. The fraction of sp³-hybridized carbons (Fsp3) is 1.00. The van der Waals surface area contributed by atoms with Gasteiger partial charge in [0, 0.05) is 31.7 Å². The highest BCUT2D eigenvalue weighted by Gasteiger charge is 2.23. The molecule has 1 N–H and O–H groups in total. The number of hydrogen-bond acceptors (Lipinski definition) is 3. The summed E-state index contributed by atoms with van der Waals surface area (Å²) in [6.07, 6.45) is 0. The third kappa shape index (κ3) is 4.49. The van der Waals surface area contributed by atoms with Gasteiger partial charge in [0.2, 0.25) is 0 Å². The second kappa shape index (κ2) is 6.46. The van der Waals surface area contributed by atoms with E-state index in [2.05, 4.69) is 37.9 Å². The van der Waals surface area contributed by atoms with E-state index in [1.54, 1.807) is 0 Å². The zero-order valence-corrected chi connectivity index (χ0v) is 10.6. The lowest BCUT2D eigenvalue weighted by Gasteiger charge is -2.37. The smallest absolute Gasteiger partial charge is 0.0594 e. The fourth-order valence-electron chi connectivity index (χ4n) is 2.05. The van der Waals surface area contributed by atoms with Crippen LogP contribution in [0.4, 0.5) is 0 Å². The van der Waals surface area contributed by atoms with Crippen molar-refractivity contribution in [3.8, 4) is 0 Å². The van der Waals surface area contributed by atoms with Crippen molar-refractivity contribution in [2.75, 3.05) is 32.8 Å². The van der Waals surface area contributed by atoms with E-state index in [-0.39, 0.29) is 0 Å². The zero-order chi connectivity index (χ0) is 11.3. The minimum atomic E-state index is 0.576. The Bertz CT molecular complexity index is 165. The first-order chi connectivity index (χ1) is 7.11. The monoisotopic (exact) mass is 214 g/mol. The number of morpholine rings is 1. The molecule has 3 nitrogen and oxygen atoms in total. The topological polar surface area (TPSA) is 24.5 Å². The fourth-order valence-corrected chi connectivity index (χ4v) is 2.05. The maximum atomic E-state index is 5.39. The highest BCUT2D eigenvalue weighted by Crippen LogP contribution is 2.12. The van der Waals surface area contributed by atoms with Crippen LogP contribution >= 0.6 is 0 Å². The van der Waals surface area contributed by atoms with E-state index in [1.807, 2.05) is 0 Å². The molecule has 0 saturated carbocycles. The van der Waals surface area contributed by atoms with Crippen LogP contribution in [0.2, 0.25) is 0 Å². The Hall–Kier alpha value is -0.120. The summed E-state index contributed by atoms with van der Waals surface area (Å²) in [5.41, 5.74) is 0. The van der Waals surface area contributed by atoms with E-state index in [4.69, 9.17) is 4.74 Å². The van der Waals surface area contributed by atoms with Crippen molar-refractivity contribution in [3.05, 3.63) is 0 Å². The molecule has 1 saturated heterocycles. The third-order valence-corrected chi connectivity index (χ3v) is 3.02. The molecule has 0 aromatic heterocycles. The van der Waals surface area contributed by atoms with Gasteiger partial charge >= 0.3 is 0 Å². The van der Waals surface area contributed by atoms with Gasteiger partial charge < -0.3 is 10.1 Å². The molecule has 1 fully saturated rings. The second-order valence-electron chi connectivity index (χ2n) is 5.02.